The first-order valence-corrected chi connectivity index (χ1v) is 16.4. The predicted molar refractivity (Wildman–Crippen MR) is 197 cm³/mol. The maximum atomic E-state index is 6.42. The fourth-order valence-corrected chi connectivity index (χ4v) is 8.89. The lowest BCUT2D eigenvalue weighted by molar-refractivity contribution is 0.666. The summed E-state index contributed by atoms with van der Waals surface area (Å²) in [6.45, 7) is 4.79. The van der Waals surface area contributed by atoms with E-state index in [1.165, 1.54) is 76.7 Å². The molecule has 0 unspecified atom stereocenters. The molecule has 1 aliphatic carbocycles. The molecule has 0 fully saturated rings. The van der Waals surface area contributed by atoms with Crippen molar-refractivity contribution in [3.63, 3.8) is 0 Å². The molecule has 0 bridgehead atoms. The Bertz CT molecular complexity index is 2920. The summed E-state index contributed by atoms with van der Waals surface area (Å²) in [6, 6.07) is 51.3. The van der Waals surface area contributed by atoms with Crippen molar-refractivity contribution >= 4 is 65.2 Å². The maximum Gasteiger partial charge on any atom is 0.137 e. The number of furan rings is 1. The second-order valence-electron chi connectivity index (χ2n) is 13.7. The maximum absolute atomic E-state index is 6.42. The molecular formula is C45H29NO. The van der Waals surface area contributed by atoms with E-state index in [0.717, 1.165) is 27.6 Å². The van der Waals surface area contributed by atoms with Crippen molar-refractivity contribution in [1.29, 1.82) is 0 Å². The second-order valence-corrected chi connectivity index (χ2v) is 13.7. The normalized spacial score (nSPS) is 13.9. The van der Waals surface area contributed by atoms with E-state index in [0.29, 0.717) is 0 Å². The van der Waals surface area contributed by atoms with Gasteiger partial charge in [-0.2, -0.15) is 0 Å². The Morgan fingerprint density at radius 2 is 1.17 bits per heavy atom. The number of hydrogen-bond acceptors (Lipinski definition) is 1. The number of nitrogens with zero attached hydrogens (tertiary/aromatic N) is 1. The van der Waals surface area contributed by atoms with Crippen molar-refractivity contribution in [3.8, 4) is 28.1 Å². The third kappa shape index (κ3) is 3.15. The van der Waals surface area contributed by atoms with E-state index >= 15 is 0 Å². The molecule has 1 aliphatic rings. The van der Waals surface area contributed by atoms with Crippen molar-refractivity contribution in [2.24, 2.45) is 0 Å². The standard InChI is InChI=1S/C45H29NO/c1-45(2)36-14-5-3-12-35(36)44-43(45)42-33(30-22-19-28-18-17-26-9-7-10-27-20-23-34(30)41(28)40(26)27)13-8-15-37(42)46(44)29-21-24-32-31-11-4-6-16-38(31)47-39(32)25-29/h3-25H,1-2H3. The highest BCUT2D eigenvalue weighted by Gasteiger charge is 2.41. The SMILES string of the molecule is CC1(C)c2ccccc2-c2c1c1c(-c3ccc4ccc5cccc6ccc3c4c56)cccc1n2-c1ccc2c(c1)oc1ccccc12. The minimum atomic E-state index is -0.182. The van der Waals surface area contributed by atoms with Crippen LogP contribution in [0, 0.1) is 0 Å². The van der Waals surface area contributed by atoms with Gasteiger partial charge in [0.1, 0.15) is 11.2 Å². The Labute approximate surface area is 271 Å². The Kier molecular flexibility index (Phi) is 4.68. The Morgan fingerprint density at radius 3 is 2.06 bits per heavy atom. The minimum Gasteiger partial charge on any atom is -0.456 e. The topological polar surface area (TPSA) is 18.1 Å². The third-order valence-electron chi connectivity index (χ3n) is 10.9. The van der Waals surface area contributed by atoms with Gasteiger partial charge in [0, 0.05) is 38.9 Å². The smallest absolute Gasteiger partial charge is 0.137 e. The molecule has 0 N–H and O–H groups in total. The number of aromatic nitrogens is 1. The van der Waals surface area contributed by atoms with E-state index < -0.39 is 0 Å². The average Bonchev–Trinajstić information content (AvgIpc) is 3.73. The van der Waals surface area contributed by atoms with Crippen LogP contribution in [0.25, 0.3) is 93.2 Å². The first-order valence-electron chi connectivity index (χ1n) is 16.4. The van der Waals surface area contributed by atoms with Crippen molar-refractivity contribution in [1.82, 2.24) is 4.57 Å². The van der Waals surface area contributed by atoms with Gasteiger partial charge in [-0.05, 0) is 78.8 Å². The molecule has 2 aromatic heterocycles. The molecule has 0 amide bonds. The lowest BCUT2D eigenvalue weighted by Gasteiger charge is -2.22. The van der Waals surface area contributed by atoms with Crippen LogP contribution in [0.2, 0.25) is 0 Å². The summed E-state index contributed by atoms with van der Waals surface area (Å²) < 4.78 is 8.91. The van der Waals surface area contributed by atoms with Gasteiger partial charge < -0.3 is 8.98 Å². The molecule has 11 rings (SSSR count). The summed E-state index contributed by atoms with van der Waals surface area (Å²) in [6.07, 6.45) is 0. The van der Waals surface area contributed by atoms with E-state index in [1.54, 1.807) is 0 Å². The largest absolute Gasteiger partial charge is 0.456 e. The van der Waals surface area contributed by atoms with Gasteiger partial charge in [0.25, 0.3) is 0 Å². The molecule has 2 heterocycles. The van der Waals surface area contributed by atoms with E-state index in [4.69, 9.17) is 4.42 Å². The fraction of sp³-hybridized carbons (Fsp3) is 0.0667. The average molecular weight is 600 g/mol. The molecule has 47 heavy (non-hydrogen) atoms. The number of fused-ring (bicyclic) bond motifs is 8. The zero-order valence-corrected chi connectivity index (χ0v) is 26.1. The van der Waals surface area contributed by atoms with Crippen molar-refractivity contribution in [2.75, 3.05) is 0 Å². The van der Waals surface area contributed by atoms with Crippen LogP contribution in [0.4, 0.5) is 0 Å². The summed E-state index contributed by atoms with van der Waals surface area (Å²) in [5.41, 5.74) is 11.9. The van der Waals surface area contributed by atoms with E-state index in [9.17, 15) is 0 Å². The Balaban J connectivity index is 1.28. The Morgan fingerprint density at radius 1 is 0.489 bits per heavy atom. The van der Waals surface area contributed by atoms with Gasteiger partial charge in [-0.25, -0.2) is 0 Å². The van der Waals surface area contributed by atoms with Gasteiger partial charge in [-0.1, -0.05) is 123 Å². The molecular weight excluding hydrogens is 571 g/mol. The first-order chi connectivity index (χ1) is 23.1. The van der Waals surface area contributed by atoms with Crippen LogP contribution < -0.4 is 0 Å². The minimum absolute atomic E-state index is 0.182. The molecule has 0 saturated carbocycles. The van der Waals surface area contributed by atoms with E-state index in [1.807, 2.05) is 6.07 Å². The third-order valence-corrected chi connectivity index (χ3v) is 10.9. The zero-order chi connectivity index (χ0) is 31.0. The van der Waals surface area contributed by atoms with Crippen molar-refractivity contribution in [2.45, 2.75) is 19.3 Å². The van der Waals surface area contributed by atoms with Crippen LogP contribution in [0.5, 0.6) is 0 Å². The summed E-state index contributed by atoms with van der Waals surface area (Å²) in [4.78, 5) is 0. The number of hydrogen-bond donors (Lipinski definition) is 0. The highest BCUT2D eigenvalue weighted by atomic mass is 16.3. The molecule has 0 radical (unpaired) electrons. The number of benzene rings is 8. The van der Waals surface area contributed by atoms with Crippen LogP contribution >= 0.6 is 0 Å². The Hall–Kier alpha value is -5.86. The molecule has 0 saturated heterocycles. The van der Waals surface area contributed by atoms with Gasteiger partial charge in [0.05, 0.1) is 11.2 Å². The van der Waals surface area contributed by atoms with Crippen LogP contribution in [-0.2, 0) is 5.41 Å². The molecule has 220 valence electrons. The molecule has 2 nitrogen and oxygen atoms in total. The number of rotatable bonds is 2. The summed E-state index contributed by atoms with van der Waals surface area (Å²) >= 11 is 0. The zero-order valence-electron chi connectivity index (χ0n) is 26.1. The highest BCUT2D eigenvalue weighted by molar-refractivity contribution is 6.26. The highest BCUT2D eigenvalue weighted by Crippen LogP contribution is 2.56. The van der Waals surface area contributed by atoms with Gasteiger partial charge in [0.2, 0.25) is 0 Å². The molecule has 2 heteroatoms. The lowest BCUT2D eigenvalue weighted by atomic mass is 9.80. The predicted octanol–water partition coefficient (Wildman–Crippen LogP) is 12.4. The van der Waals surface area contributed by atoms with Crippen molar-refractivity contribution < 1.29 is 4.42 Å². The van der Waals surface area contributed by atoms with Gasteiger partial charge in [0.15, 0.2) is 0 Å². The summed E-state index contributed by atoms with van der Waals surface area (Å²) in [5, 5.41) is 11.5. The van der Waals surface area contributed by atoms with Gasteiger partial charge >= 0.3 is 0 Å². The first kappa shape index (κ1) is 25.3. The summed E-state index contributed by atoms with van der Waals surface area (Å²) in [7, 11) is 0. The van der Waals surface area contributed by atoms with Gasteiger partial charge in [-0.3, -0.25) is 0 Å². The molecule has 0 spiro atoms. The lowest BCUT2D eigenvalue weighted by Crippen LogP contribution is -2.15. The van der Waals surface area contributed by atoms with Crippen LogP contribution in [0.3, 0.4) is 0 Å². The quantitative estimate of drug-likeness (QED) is 0.181. The van der Waals surface area contributed by atoms with Crippen molar-refractivity contribution in [3.05, 3.63) is 151 Å². The summed E-state index contributed by atoms with van der Waals surface area (Å²) in [5.74, 6) is 0. The van der Waals surface area contributed by atoms with Crippen LogP contribution in [0.15, 0.2) is 144 Å². The molecule has 8 aromatic carbocycles. The van der Waals surface area contributed by atoms with E-state index in [2.05, 4.69) is 152 Å². The fourth-order valence-electron chi connectivity index (χ4n) is 8.89. The van der Waals surface area contributed by atoms with Gasteiger partial charge in [-0.15, -0.1) is 0 Å². The molecule has 0 atom stereocenters. The second kappa shape index (κ2) is 8.69. The molecule has 0 aliphatic heterocycles. The van der Waals surface area contributed by atoms with Crippen LogP contribution in [-0.4, -0.2) is 4.57 Å². The monoisotopic (exact) mass is 599 g/mol. The molecule has 10 aromatic rings. The van der Waals surface area contributed by atoms with E-state index in [-0.39, 0.29) is 5.41 Å². The number of para-hydroxylation sites is 1. The van der Waals surface area contributed by atoms with Crippen LogP contribution in [0.1, 0.15) is 25.0 Å².